The van der Waals surface area contributed by atoms with Gasteiger partial charge in [0.05, 0.1) is 0 Å². The summed E-state index contributed by atoms with van der Waals surface area (Å²) in [5, 5.41) is 4.08. The molecule has 2 rings (SSSR count). The fourth-order valence-corrected chi connectivity index (χ4v) is 2.67. The van der Waals surface area contributed by atoms with E-state index in [9.17, 15) is 0 Å². The normalized spacial score (nSPS) is 10.6. The van der Waals surface area contributed by atoms with Gasteiger partial charge < -0.3 is 10.1 Å². The van der Waals surface area contributed by atoms with E-state index in [1.165, 1.54) is 5.56 Å². The van der Waals surface area contributed by atoms with E-state index < -0.39 is 0 Å². The Morgan fingerprint density at radius 1 is 1.19 bits per heavy atom. The van der Waals surface area contributed by atoms with E-state index in [1.807, 2.05) is 24.3 Å². The lowest BCUT2D eigenvalue weighted by atomic mass is 10.1. The number of nitrogens with one attached hydrogen (secondary N) is 1. The predicted molar refractivity (Wildman–Crippen MR) is 91.9 cm³/mol. The lowest BCUT2D eigenvalue weighted by Gasteiger charge is -2.10. The van der Waals surface area contributed by atoms with Crippen molar-refractivity contribution in [1.82, 2.24) is 5.32 Å². The molecule has 0 atom stereocenters. The number of hydrogen-bond donors (Lipinski definition) is 1. The van der Waals surface area contributed by atoms with Gasteiger partial charge >= 0.3 is 0 Å². The SMILES string of the molecule is CCCNCc1ccc(COc2cccc(Cl)c2)c(Br)c1. The van der Waals surface area contributed by atoms with Crippen LogP contribution in [0.1, 0.15) is 24.5 Å². The van der Waals surface area contributed by atoms with Crippen molar-refractivity contribution in [1.29, 1.82) is 0 Å². The van der Waals surface area contributed by atoms with Gasteiger partial charge in [0.1, 0.15) is 12.4 Å². The molecule has 0 saturated heterocycles. The van der Waals surface area contributed by atoms with Crippen LogP contribution in [0.2, 0.25) is 5.02 Å². The van der Waals surface area contributed by atoms with Gasteiger partial charge in [-0.25, -0.2) is 0 Å². The van der Waals surface area contributed by atoms with E-state index in [-0.39, 0.29) is 0 Å². The average Bonchev–Trinajstić information content (AvgIpc) is 2.47. The molecule has 2 nitrogen and oxygen atoms in total. The summed E-state index contributed by atoms with van der Waals surface area (Å²) in [5.74, 6) is 0.781. The second-order valence-electron chi connectivity index (χ2n) is 4.85. The van der Waals surface area contributed by atoms with Gasteiger partial charge in [-0.1, -0.05) is 52.7 Å². The standard InChI is InChI=1S/C17H19BrClNO/c1-2-8-20-11-13-6-7-14(17(18)9-13)12-21-16-5-3-4-15(19)10-16/h3-7,9-10,20H,2,8,11-12H2,1H3. The molecule has 0 radical (unpaired) electrons. The molecule has 0 fully saturated rings. The molecule has 0 unspecified atom stereocenters. The Kier molecular flexibility index (Phi) is 6.55. The zero-order valence-corrected chi connectivity index (χ0v) is 14.4. The molecule has 21 heavy (non-hydrogen) atoms. The van der Waals surface area contributed by atoms with Crippen molar-refractivity contribution < 1.29 is 4.74 Å². The molecule has 0 aliphatic rings. The minimum atomic E-state index is 0.517. The third-order valence-electron chi connectivity index (χ3n) is 3.06. The predicted octanol–water partition coefficient (Wildman–Crippen LogP) is 5.18. The Morgan fingerprint density at radius 2 is 2.05 bits per heavy atom. The molecule has 4 heteroatoms. The van der Waals surface area contributed by atoms with E-state index in [0.717, 1.165) is 35.3 Å². The Bertz CT molecular complexity index is 589. The summed E-state index contributed by atoms with van der Waals surface area (Å²) >= 11 is 9.55. The van der Waals surface area contributed by atoms with Crippen molar-refractivity contribution in [3.63, 3.8) is 0 Å². The van der Waals surface area contributed by atoms with E-state index in [0.29, 0.717) is 11.6 Å². The van der Waals surface area contributed by atoms with Gasteiger partial charge in [0.25, 0.3) is 0 Å². The fraction of sp³-hybridized carbons (Fsp3) is 0.294. The molecule has 2 aromatic rings. The topological polar surface area (TPSA) is 21.3 Å². The summed E-state index contributed by atoms with van der Waals surface area (Å²) in [6.45, 7) is 4.61. The average molecular weight is 369 g/mol. The molecule has 0 amide bonds. The highest BCUT2D eigenvalue weighted by Crippen LogP contribution is 2.22. The van der Waals surface area contributed by atoms with Gasteiger partial charge in [-0.2, -0.15) is 0 Å². The van der Waals surface area contributed by atoms with Crippen molar-refractivity contribution in [2.45, 2.75) is 26.5 Å². The highest BCUT2D eigenvalue weighted by molar-refractivity contribution is 9.10. The van der Waals surface area contributed by atoms with Crippen LogP contribution in [-0.4, -0.2) is 6.54 Å². The maximum absolute atomic E-state index is 5.94. The third-order valence-corrected chi connectivity index (χ3v) is 4.04. The largest absolute Gasteiger partial charge is 0.489 e. The zero-order valence-electron chi connectivity index (χ0n) is 12.0. The van der Waals surface area contributed by atoms with Gasteiger partial charge in [0.2, 0.25) is 0 Å². The van der Waals surface area contributed by atoms with Crippen LogP contribution in [0.5, 0.6) is 5.75 Å². The van der Waals surface area contributed by atoms with Gasteiger partial charge in [-0.3, -0.25) is 0 Å². The lowest BCUT2D eigenvalue weighted by Crippen LogP contribution is -2.13. The van der Waals surface area contributed by atoms with Crippen molar-refractivity contribution in [2.75, 3.05) is 6.54 Å². The summed E-state index contributed by atoms with van der Waals surface area (Å²) < 4.78 is 6.83. The third kappa shape index (κ3) is 5.34. The monoisotopic (exact) mass is 367 g/mol. The Hall–Kier alpha value is -1.03. The van der Waals surface area contributed by atoms with E-state index in [2.05, 4.69) is 46.4 Å². The number of rotatable bonds is 7. The van der Waals surface area contributed by atoms with E-state index in [4.69, 9.17) is 16.3 Å². The van der Waals surface area contributed by atoms with Crippen LogP contribution in [0.3, 0.4) is 0 Å². The number of ether oxygens (including phenoxy) is 1. The molecule has 112 valence electrons. The van der Waals surface area contributed by atoms with Crippen LogP contribution < -0.4 is 10.1 Å². The van der Waals surface area contributed by atoms with Crippen molar-refractivity contribution in [3.05, 3.63) is 63.1 Å². The van der Waals surface area contributed by atoms with Crippen LogP contribution in [0, 0.1) is 0 Å². The fourth-order valence-electron chi connectivity index (χ4n) is 1.95. The second kappa shape index (κ2) is 8.42. The van der Waals surface area contributed by atoms with Crippen molar-refractivity contribution in [3.8, 4) is 5.75 Å². The molecular formula is C17H19BrClNO. The summed E-state index contributed by atoms with van der Waals surface area (Å²) in [6.07, 6.45) is 1.15. The quantitative estimate of drug-likeness (QED) is 0.680. The molecule has 2 aromatic carbocycles. The number of hydrogen-bond acceptors (Lipinski definition) is 2. The molecule has 0 aliphatic carbocycles. The van der Waals surface area contributed by atoms with Crippen LogP contribution in [0.4, 0.5) is 0 Å². The van der Waals surface area contributed by atoms with Crippen LogP contribution in [0.15, 0.2) is 46.9 Å². The first kappa shape index (κ1) is 16.3. The van der Waals surface area contributed by atoms with Crippen molar-refractivity contribution in [2.24, 2.45) is 0 Å². The molecule has 0 saturated carbocycles. The molecule has 0 aliphatic heterocycles. The van der Waals surface area contributed by atoms with E-state index in [1.54, 1.807) is 0 Å². The van der Waals surface area contributed by atoms with E-state index >= 15 is 0 Å². The second-order valence-corrected chi connectivity index (χ2v) is 6.14. The minimum absolute atomic E-state index is 0.517. The van der Waals surface area contributed by atoms with Crippen molar-refractivity contribution >= 4 is 27.5 Å². The number of benzene rings is 2. The highest BCUT2D eigenvalue weighted by atomic mass is 79.9. The first-order valence-corrected chi connectivity index (χ1v) is 8.22. The Morgan fingerprint density at radius 3 is 2.76 bits per heavy atom. The summed E-state index contributed by atoms with van der Waals surface area (Å²) in [7, 11) is 0. The van der Waals surface area contributed by atoms with Crippen LogP contribution in [-0.2, 0) is 13.2 Å². The molecule has 0 bridgehead atoms. The maximum atomic E-state index is 5.94. The lowest BCUT2D eigenvalue weighted by molar-refractivity contribution is 0.305. The molecule has 1 N–H and O–H groups in total. The smallest absolute Gasteiger partial charge is 0.121 e. The van der Waals surface area contributed by atoms with Crippen LogP contribution >= 0.6 is 27.5 Å². The summed E-state index contributed by atoms with van der Waals surface area (Å²) in [5.41, 5.74) is 2.39. The maximum Gasteiger partial charge on any atom is 0.121 e. The highest BCUT2D eigenvalue weighted by Gasteiger charge is 2.03. The molecule has 0 heterocycles. The summed E-state index contributed by atoms with van der Waals surface area (Å²) in [4.78, 5) is 0. The first-order valence-electron chi connectivity index (χ1n) is 7.05. The first-order chi connectivity index (χ1) is 10.2. The number of halogens is 2. The van der Waals surface area contributed by atoms with Gasteiger partial charge in [0, 0.05) is 21.6 Å². The minimum Gasteiger partial charge on any atom is -0.489 e. The Balaban J connectivity index is 1.94. The molecular weight excluding hydrogens is 350 g/mol. The summed E-state index contributed by atoms with van der Waals surface area (Å²) in [6, 6.07) is 13.8. The molecule has 0 spiro atoms. The zero-order chi connectivity index (χ0) is 15.1. The molecule has 0 aromatic heterocycles. The van der Waals surface area contributed by atoms with Gasteiger partial charge in [-0.05, 0) is 42.8 Å². The van der Waals surface area contributed by atoms with Gasteiger partial charge in [0.15, 0.2) is 0 Å². The Labute approximate surface area is 139 Å². The van der Waals surface area contributed by atoms with Gasteiger partial charge in [-0.15, -0.1) is 0 Å². The van der Waals surface area contributed by atoms with Crippen LogP contribution in [0.25, 0.3) is 0 Å².